The van der Waals surface area contributed by atoms with Crippen LogP contribution in [0.3, 0.4) is 0 Å². The molecule has 0 aromatic rings. The molecule has 0 nitrogen and oxygen atoms in total. The van der Waals surface area contributed by atoms with Gasteiger partial charge >= 0.3 is 0 Å². The summed E-state index contributed by atoms with van der Waals surface area (Å²) in [5.41, 5.74) is 2.50. The molecular weight excluding hydrogens is 204 g/mol. The van der Waals surface area contributed by atoms with Crippen molar-refractivity contribution in [3.63, 3.8) is 0 Å². The van der Waals surface area contributed by atoms with Crippen molar-refractivity contribution in [2.45, 2.75) is 79.6 Å². The van der Waals surface area contributed by atoms with Gasteiger partial charge in [0.05, 0.1) is 0 Å². The van der Waals surface area contributed by atoms with Gasteiger partial charge < -0.3 is 0 Å². The first-order valence-electron chi connectivity index (χ1n) is 7.54. The molecule has 17 heavy (non-hydrogen) atoms. The summed E-state index contributed by atoms with van der Waals surface area (Å²) in [6.07, 6.45) is 9.48. The summed E-state index contributed by atoms with van der Waals surface area (Å²) >= 11 is 0. The van der Waals surface area contributed by atoms with Crippen LogP contribution in [0.1, 0.15) is 79.6 Å². The maximum absolute atomic E-state index is 4.29. The van der Waals surface area contributed by atoms with E-state index in [0.717, 1.165) is 5.92 Å². The van der Waals surface area contributed by atoms with Crippen LogP contribution in [0.25, 0.3) is 0 Å². The third-order valence-corrected chi connectivity index (χ3v) is 5.23. The van der Waals surface area contributed by atoms with Crippen LogP contribution >= 0.6 is 0 Å². The summed E-state index contributed by atoms with van der Waals surface area (Å²) < 4.78 is 0. The van der Waals surface area contributed by atoms with Crippen LogP contribution in [0, 0.1) is 16.7 Å². The van der Waals surface area contributed by atoms with Crippen LogP contribution in [0.5, 0.6) is 0 Å². The number of allylic oxidation sites excluding steroid dienone is 1. The molecule has 1 aliphatic carbocycles. The van der Waals surface area contributed by atoms with E-state index in [1.165, 1.54) is 50.5 Å². The highest BCUT2D eigenvalue weighted by Crippen LogP contribution is 2.57. The first-order chi connectivity index (χ1) is 7.85. The van der Waals surface area contributed by atoms with Gasteiger partial charge in [0, 0.05) is 0 Å². The summed E-state index contributed by atoms with van der Waals surface area (Å²) in [5, 5.41) is 0. The maximum atomic E-state index is 4.29. The van der Waals surface area contributed by atoms with Gasteiger partial charge in [-0.3, -0.25) is 0 Å². The maximum Gasteiger partial charge on any atom is -0.0150 e. The Hall–Kier alpha value is -0.260. The highest BCUT2D eigenvalue weighted by molar-refractivity contribution is 5.07. The van der Waals surface area contributed by atoms with Crippen LogP contribution in [0.2, 0.25) is 0 Å². The summed E-state index contributed by atoms with van der Waals surface area (Å²) in [5.74, 6) is 1.01. The first kappa shape index (κ1) is 14.8. The van der Waals surface area contributed by atoms with E-state index in [-0.39, 0.29) is 0 Å². The molecule has 0 bridgehead atoms. The van der Waals surface area contributed by atoms with Crippen molar-refractivity contribution in [1.29, 1.82) is 0 Å². The fraction of sp³-hybridized carbons (Fsp3) is 0.882. The van der Waals surface area contributed by atoms with E-state index in [0.29, 0.717) is 10.8 Å². The second-order valence-corrected chi connectivity index (χ2v) is 7.04. The van der Waals surface area contributed by atoms with Crippen LogP contribution in [0.4, 0.5) is 0 Å². The molecule has 0 heteroatoms. The molecule has 2 unspecified atom stereocenters. The zero-order valence-corrected chi connectivity index (χ0v) is 12.7. The minimum atomic E-state index is 0.344. The Kier molecular flexibility index (Phi) is 4.86. The molecule has 1 aliphatic rings. The van der Waals surface area contributed by atoms with Crippen LogP contribution in [0.15, 0.2) is 12.2 Å². The zero-order chi connectivity index (χ0) is 13.1. The minimum Gasteiger partial charge on any atom is -0.0993 e. The number of rotatable bonds is 8. The molecule has 0 spiro atoms. The molecule has 0 heterocycles. The largest absolute Gasteiger partial charge is 0.0993 e. The van der Waals surface area contributed by atoms with Gasteiger partial charge in [0.25, 0.3) is 0 Å². The van der Waals surface area contributed by atoms with Gasteiger partial charge in [-0.1, -0.05) is 53.2 Å². The molecule has 0 radical (unpaired) electrons. The highest BCUT2D eigenvalue weighted by atomic mass is 14.5. The fourth-order valence-electron chi connectivity index (χ4n) is 2.98. The van der Waals surface area contributed by atoms with Crippen LogP contribution < -0.4 is 0 Å². The molecule has 1 saturated carbocycles. The average Bonchev–Trinajstić information content (AvgIpc) is 2.89. The SMILES string of the molecule is C=C(CCCC1CC1(C)CCC)C(C)(C)CC. The van der Waals surface area contributed by atoms with Crippen molar-refractivity contribution in [2.75, 3.05) is 0 Å². The van der Waals surface area contributed by atoms with E-state index < -0.39 is 0 Å². The standard InChI is InChI=1S/C17H32/c1-7-12-17(6)13-15(17)11-9-10-14(3)16(4,5)8-2/h15H,3,7-13H2,1-2,4-6H3. The lowest BCUT2D eigenvalue weighted by atomic mass is 9.80. The smallest absolute Gasteiger partial charge is 0.0150 e. The Morgan fingerprint density at radius 1 is 1.35 bits per heavy atom. The monoisotopic (exact) mass is 236 g/mol. The molecule has 0 amide bonds. The predicted octanol–water partition coefficient (Wildman–Crippen LogP) is 5.98. The zero-order valence-electron chi connectivity index (χ0n) is 12.7. The van der Waals surface area contributed by atoms with E-state index >= 15 is 0 Å². The lowest BCUT2D eigenvalue weighted by Gasteiger charge is -2.25. The van der Waals surface area contributed by atoms with E-state index in [2.05, 4.69) is 41.2 Å². The third-order valence-electron chi connectivity index (χ3n) is 5.23. The topological polar surface area (TPSA) is 0 Å². The van der Waals surface area contributed by atoms with Gasteiger partial charge in [-0.2, -0.15) is 0 Å². The van der Waals surface area contributed by atoms with Crippen molar-refractivity contribution < 1.29 is 0 Å². The highest BCUT2D eigenvalue weighted by Gasteiger charge is 2.47. The molecule has 1 rings (SSSR count). The van der Waals surface area contributed by atoms with Gasteiger partial charge in [0.15, 0.2) is 0 Å². The fourth-order valence-corrected chi connectivity index (χ4v) is 2.98. The minimum absolute atomic E-state index is 0.344. The Labute approximate surface area is 109 Å². The summed E-state index contributed by atoms with van der Waals surface area (Å²) in [6.45, 7) is 16.0. The van der Waals surface area contributed by atoms with Gasteiger partial charge in [0.2, 0.25) is 0 Å². The van der Waals surface area contributed by atoms with Crippen LogP contribution in [-0.2, 0) is 0 Å². The second-order valence-electron chi connectivity index (χ2n) is 7.04. The average molecular weight is 236 g/mol. The molecule has 2 atom stereocenters. The lowest BCUT2D eigenvalue weighted by Crippen LogP contribution is -2.12. The van der Waals surface area contributed by atoms with Gasteiger partial charge in [-0.15, -0.1) is 0 Å². The van der Waals surface area contributed by atoms with E-state index in [1.807, 2.05) is 0 Å². The van der Waals surface area contributed by atoms with Gasteiger partial charge in [0.1, 0.15) is 0 Å². The first-order valence-corrected chi connectivity index (χ1v) is 7.54. The van der Waals surface area contributed by atoms with Crippen molar-refractivity contribution in [1.82, 2.24) is 0 Å². The molecule has 0 aromatic carbocycles. The molecule has 100 valence electrons. The van der Waals surface area contributed by atoms with E-state index in [4.69, 9.17) is 0 Å². The van der Waals surface area contributed by atoms with E-state index in [1.54, 1.807) is 0 Å². The summed E-state index contributed by atoms with van der Waals surface area (Å²) in [6, 6.07) is 0. The van der Waals surface area contributed by atoms with Crippen molar-refractivity contribution in [3.8, 4) is 0 Å². The molecule has 0 saturated heterocycles. The van der Waals surface area contributed by atoms with Crippen molar-refractivity contribution >= 4 is 0 Å². The predicted molar refractivity (Wildman–Crippen MR) is 78.2 cm³/mol. The Morgan fingerprint density at radius 3 is 2.53 bits per heavy atom. The molecule has 0 aliphatic heterocycles. The molecular formula is C17H32. The Balaban J connectivity index is 2.20. The number of hydrogen-bond acceptors (Lipinski definition) is 0. The second kappa shape index (κ2) is 5.59. The van der Waals surface area contributed by atoms with Crippen LogP contribution in [-0.4, -0.2) is 0 Å². The summed E-state index contributed by atoms with van der Waals surface area (Å²) in [7, 11) is 0. The van der Waals surface area contributed by atoms with Gasteiger partial charge in [-0.05, 0) is 55.3 Å². The lowest BCUT2D eigenvalue weighted by molar-refractivity contribution is 0.399. The summed E-state index contributed by atoms with van der Waals surface area (Å²) in [4.78, 5) is 0. The van der Waals surface area contributed by atoms with E-state index in [9.17, 15) is 0 Å². The molecule has 1 fully saturated rings. The Bertz CT molecular complexity index is 261. The Morgan fingerprint density at radius 2 is 2.00 bits per heavy atom. The third kappa shape index (κ3) is 3.86. The van der Waals surface area contributed by atoms with Crippen molar-refractivity contribution in [3.05, 3.63) is 12.2 Å². The van der Waals surface area contributed by atoms with Crippen molar-refractivity contribution in [2.24, 2.45) is 16.7 Å². The quantitative estimate of drug-likeness (QED) is 0.455. The molecule has 0 aromatic heterocycles. The molecule has 0 N–H and O–H groups in total. The number of hydrogen-bond donors (Lipinski definition) is 0. The normalized spacial score (nSPS) is 28.2. The van der Waals surface area contributed by atoms with Gasteiger partial charge in [-0.25, -0.2) is 0 Å².